The van der Waals surface area contributed by atoms with Gasteiger partial charge < -0.3 is 9.73 Å². The predicted octanol–water partition coefficient (Wildman–Crippen LogP) is 2.53. The van der Waals surface area contributed by atoms with Crippen molar-refractivity contribution in [3.63, 3.8) is 0 Å². The Morgan fingerprint density at radius 3 is 2.68 bits per heavy atom. The summed E-state index contributed by atoms with van der Waals surface area (Å²) in [6, 6.07) is -0.532. The number of hydrogen-bond donors (Lipinski definition) is 2. The summed E-state index contributed by atoms with van der Waals surface area (Å²) in [5, 5.41) is 15.5. The molecule has 2 heterocycles. The lowest BCUT2D eigenvalue weighted by Crippen LogP contribution is -2.49. The van der Waals surface area contributed by atoms with E-state index in [0.29, 0.717) is 12.3 Å². The molecule has 2 aromatic heterocycles. The van der Waals surface area contributed by atoms with Gasteiger partial charge in [0.1, 0.15) is 0 Å². The smallest absolute Gasteiger partial charge is 0.321 e. The standard InChI is InChI=1S/C15H21N5O3S2/c1-8(12(21)17-13(22)18-15(3,4)5)25-14-20-19-11(23-14)6-10-7-24-9(2)16-10/h7-8H,6H2,1-5H3,(H2,17,18,21,22)/t8-/m1/s1. The molecule has 10 heteroatoms. The lowest BCUT2D eigenvalue weighted by Gasteiger charge is -2.20. The van der Waals surface area contributed by atoms with E-state index in [1.54, 1.807) is 18.3 Å². The molecule has 0 bridgehead atoms. The molecule has 0 saturated carbocycles. The first-order valence-corrected chi connectivity index (χ1v) is 9.41. The number of hydrogen-bond acceptors (Lipinski definition) is 8. The van der Waals surface area contributed by atoms with Gasteiger partial charge in [0.05, 0.1) is 22.4 Å². The second kappa shape index (κ2) is 7.96. The monoisotopic (exact) mass is 383 g/mol. The van der Waals surface area contributed by atoms with Gasteiger partial charge in [-0.05, 0) is 34.6 Å². The van der Waals surface area contributed by atoms with Crippen LogP contribution in [0.2, 0.25) is 0 Å². The van der Waals surface area contributed by atoms with Gasteiger partial charge in [0.15, 0.2) is 0 Å². The molecule has 0 fully saturated rings. The summed E-state index contributed by atoms with van der Waals surface area (Å²) in [5.74, 6) is 0.00695. The third-order valence-electron chi connectivity index (χ3n) is 2.82. The molecule has 25 heavy (non-hydrogen) atoms. The van der Waals surface area contributed by atoms with Crippen LogP contribution in [0, 0.1) is 6.92 Å². The minimum Gasteiger partial charge on any atom is -0.416 e. The molecule has 0 radical (unpaired) electrons. The maximum Gasteiger partial charge on any atom is 0.321 e. The maximum absolute atomic E-state index is 12.1. The SMILES string of the molecule is Cc1nc(Cc2nnc(S[C@H](C)C(=O)NC(=O)NC(C)(C)C)o2)cs1. The minimum absolute atomic E-state index is 0.279. The van der Waals surface area contributed by atoms with Gasteiger partial charge in [0.25, 0.3) is 5.22 Å². The molecule has 0 unspecified atom stereocenters. The van der Waals surface area contributed by atoms with Crippen molar-refractivity contribution < 1.29 is 14.0 Å². The average molecular weight is 383 g/mol. The summed E-state index contributed by atoms with van der Waals surface area (Å²) in [5.41, 5.74) is 0.447. The van der Waals surface area contributed by atoms with Gasteiger partial charge in [-0.25, -0.2) is 9.78 Å². The fourth-order valence-electron chi connectivity index (χ4n) is 1.79. The summed E-state index contributed by atoms with van der Waals surface area (Å²) in [6.07, 6.45) is 0.451. The molecule has 0 aliphatic rings. The summed E-state index contributed by atoms with van der Waals surface area (Å²) in [4.78, 5) is 28.1. The number of carbonyl (C=O) groups is 2. The van der Waals surface area contributed by atoms with Crippen LogP contribution in [0.1, 0.15) is 44.3 Å². The lowest BCUT2D eigenvalue weighted by molar-refractivity contribution is -0.119. The van der Waals surface area contributed by atoms with Gasteiger partial charge in [-0.1, -0.05) is 11.8 Å². The Morgan fingerprint density at radius 2 is 2.08 bits per heavy atom. The Morgan fingerprint density at radius 1 is 1.36 bits per heavy atom. The van der Waals surface area contributed by atoms with Gasteiger partial charge >= 0.3 is 6.03 Å². The number of amides is 3. The molecule has 8 nitrogen and oxygen atoms in total. The highest BCUT2D eigenvalue weighted by Gasteiger charge is 2.22. The number of imide groups is 1. The number of thiazole rings is 1. The van der Waals surface area contributed by atoms with Crippen molar-refractivity contribution in [2.24, 2.45) is 0 Å². The van der Waals surface area contributed by atoms with Gasteiger partial charge in [-0.15, -0.1) is 21.5 Å². The Kier molecular flexibility index (Phi) is 6.17. The highest BCUT2D eigenvalue weighted by Crippen LogP contribution is 2.23. The zero-order chi connectivity index (χ0) is 18.6. The summed E-state index contributed by atoms with van der Waals surface area (Å²) >= 11 is 2.66. The summed E-state index contributed by atoms with van der Waals surface area (Å²) in [7, 11) is 0. The van der Waals surface area contributed by atoms with Crippen LogP contribution in [0.15, 0.2) is 15.0 Å². The van der Waals surface area contributed by atoms with Crippen molar-refractivity contribution in [3.8, 4) is 0 Å². The number of rotatable bonds is 5. The Labute approximate surface area is 154 Å². The van der Waals surface area contributed by atoms with E-state index in [1.807, 2.05) is 33.1 Å². The molecule has 2 rings (SSSR count). The fourth-order valence-corrected chi connectivity index (χ4v) is 3.11. The molecular formula is C15H21N5O3S2. The number of nitrogens with zero attached hydrogens (tertiary/aromatic N) is 3. The van der Waals surface area contributed by atoms with E-state index in [-0.39, 0.29) is 5.22 Å². The molecule has 2 aromatic rings. The fraction of sp³-hybridized carbons (Fsp3) is 0.533. The Hall–Kier alpha value is -1.94. The molecule has 0 aromatic carbocycles. The number of aryl methyl sites for hydroxylation is 1. The van der Waals surface area contributed by atoms with Crippen molar-refractivity contribution in [1.29, 1.82) is 0 Å². The van der Waals surface area contributed by atoms with Crippen LogP contribution in [-0.2, 0) is 11.2 Å². The first-order valence-electron chi connectivity index (χ1n) is 7.65. The molecular weight excluding hydrogens is 362 g/mol. The molecule has 0 aliphatic carbocycles. The Bertz CT molecular complexity index is 750. The number of nitrogens with one attached hydrogen (secondary N) is 2. The van der Waals surface area contributed by atoms with Crippen LogP contribution in [0.5, 0.6) is 0 Å². The number of carbonyl (C=O) groups excluding carboxylic acids is 2. The largest absolute Gasteiger partial charge is 0.416 e. The third kappa shape index (κ3) is 6.46. The van der Waals surface area contributed by atoms with Crippen molar-refractivity contribution >= 4 is 35.0 Å². The van der Waals surface area contributed by atoms with E-state index in [0.717, 1.165) is 22.5 Å². The molecule has 3 amide bonds. The first-order chi connectivity index (χ1) is 11.6. The number of urea groups is 1. The molecule has 0 aliphatic heterocycles. The van der Waals surface area contributed by atoms with Crippen LogP contribution in [-0.4, -0.2) is 37.9 Å². The number of thioether (sulfide) groups is 1. The first kappa shape index (κ1) is 19.4. The van der Waals surface area contributed by atoms with E-state index in [2.05, 4.69) is 25.8 Å². The highest BCUT2D eigenvalue weighted by molar-refractivity contribution is 8.00. The van der Waals surface area contributed by atoms with Crippen LogP contribution in [0.3, 0.4) is 0 Å². The van der Waals surface area contributed by atoms with Crippen LogP contribution in [0.25, 0.3) is 0 Å². The lowest BCUT2D eigenvalue weighted by atomic mass is 10.1. The van der Waals surface area contributed by atoms with Crippen LogP contribution < -0.4 is 10.6 Å². The second-order valence-electron chi connectivity index (χ2n) is 6.45. The van der Waals surface area contributed by atoms with E-state index in [9.17, 15) is 9.59 Å². The topological polar surface area (TPSA) is 110 Å². The van der Waals surface area contributed by atoms with E-state index in [4.69, 9.17) is 4.42 Å². The summed E-state index contributed by atoms with van der Waals surface area (Å²) in [6.45, 7) is 9.09. The maximum atomic E-state index is 12.1. The zero-order valence-corrected chi connectivity index (χ0v) is 16.4. The summed E-state index contributed by atoms with van der Waals surface area (Å²) < 4.78 is 5.53. The molecule has 1 atom stereocenters. The second-order valence-corrected chi connectivity index (χ2v) is 8.80. The van der Waals surface area contributed by atoms with Crippen LogP contribution >= 0.6 is 23.1 Å². The normalized spacial score (nSPS) is 12.7. The molecule has 2 N–H and O–H groups in total. The molecule has 0 saturated heterocycles. The van der Waals surface area contributed by atoms with Gasteiger partial charge in [0.2, 0.25) is 11.8 Å². The zero-order valence-electron chi connectivity index (χ0n) is 14.7. The van der Waals surface area contributed by atoms with E-state index in [1.165, 1.54) is 0 Å². The minimum atomic E-state index is -0.555. The Balaban J connectivity index is 1.86. The third-order valence-corrected chi connectivity index (χ3v) is 4.58. The van der Waals surface area contributed by atoms with Gasteiger partial charge in [-0.3, -0.25) is 10.1 Å². The van der Waals surface area contributed by atoms with Gasteiger partial charge in [0, 0.05) is 10.9 Å². The average Bonchev–Trinajstić information content (AvgIpc) is 3.06. The van der Waals surface area contributed by atoms with Crippen LogP contribution in [0.4, 0.5) is 4.79 Å². The number of aromatic nitrogens is 3. The van der Waals surface area contributed by atoms with Crippen molar-refractivity contribution in [2.75, 3.05) is 0 Å². The van der Waals surface area contributed by atoms with Gasteiger partial charge in [-0.2, -0.15) is 0 Å². The van der Waals surface area contributed by atoms with Crippen molar-refractivity contribution in [1.82, 2.24) is 25.8 Å². The molecule has 0 spiro atoms. The predicted molar refractivity (Wildman–Crippen MR) is 95.7 cm³/mol. The molecule has 136 valence electrons. The van der Waals surface area contributed by atoms with E-state index < -0.39 is 22.7 Å². The van der Waals surface area contributed by atoms with E-state index >= 15 is 0 Å². The van der Waals surface area contributed by atoms with Crippen molar-refractivity contribution in [3.05, 3.63) is 22.0 Å². The highest BCUT2D eigenvalue weighted by atomic mass is 32.2. The van der Waals surface area contributed by atoms with Crippen molar-refractivity contribution in [2.45, 2.75) is 57.1 Å². The quantitative estimate of drug-likeness (QED) is 0.763.